The number of alkyl halides is 2. The number of aliphatic hydroxyl groups is 1. The van der Waals surface area contributed by atoms with Crippen molar-refractivity contribution in [1.29, 1.82) is 5.26 Å². The van der Waals surface area contributed by atoms with Gasteiger partial charge in [-0.2, -0.15) is 5.26 Å². The third-order valence-corrected chi connectivity index (χ3v) is 8.51. The number of hydrogen-bond acceptors (Lipinski definition) is 2. The average Bonchev–Trinajstić information content (AvgIpc) is 2.84. The van der Waals surface area contributed by atoms with Gasteiger partial charge in [-0.25, -0.2) is 8.78 Å². The number of nitrogens with zero attached hydrogens (tertiary/aromatic N) is 1. The minimum absolute atomic E-state index is 0.000660. The van der Waals surface area contributed by atoms with E-state index in [9.17, 15) is 10.4 Å². The van der Waals surface area contributed by atoms with Crippen LogP contribution in [0.2, 0.25) is 0 Å². The van der Waals surface area contributed by atoms with Crippen LogP contribution in [0, 0.1) is 52.3 Å². The van der Waals surface area contributed by atoms with E-state index in [-0.39, 0.29) is 18.3 Å². The number of halogens is 2. The van der Waals surface area contributed by atoms with Crippen LogP contribution in [0.5, 0.6) is 0 Å². The number of nitriles is 1. The van der Waals surface area contributed by atoms with E-state index in [0.717, 1.165) is 38.5 Å². The minimum atomic E-state index is -2.74. The van der Waals surface area contributed by atoms with Gasteiger partial charge in [0.1, 0.15) is 0 Å². The number of rotatable bonds is 0. The second kappa shape index (κ2) is 5.16. The molecule has 0 aromatic carbocycles. The molecule has 0 unspecified atom stereocenters. The molecule has 0 spiro atoms. The molecule has 0 heterocycles. The molecule has 0 bridgehead atoms. The van der Waals surface area contributed by atoms with Gasteiger partial charge < -0.3 is 5.11 Å². The SMILES string of the molecule is C[C@@]1(O)CC[C@H]2[C@H](CC[C@@H]3[C@@H]2CC(F)(F)[C@]2(C)[C@@H](C#N)CC[C@@H]32)C1. The Kier molecular flexibility index (Phi) is 3.60. The van der Waals surface area contributed by atoms with Crippen LogP contribution in [0.25, 0.3) is 0 Å². The minimum Gasteiger partial charge on any atom is -0.390 e. The van der Waals surface area contributed by atoms with Gasteiger partial charge in [0.25, 0.3) is 5.92 Å². The van der Waals surface area contributed by atoms with Crippen molar-refractivity contribution in [2.45, 2.75) is 76.7 Å². The highest BCUT2D eigenvalue weighted by atomic mass is 19.3. The Bertz CT molecular complexity index is 568. The topological polar surface area (TPSA) is 44.0 Å². The Morgan fingerprint density at radius 3 is 2.42 bits per heavy atom. The molecule has 24 heavy (non-hydrogen) atoms. The monoisotopic (exact) mass is 337 g/mol. The maximum Gasteiger partial charge on any atom is 0.255 e. The maximum atomic E-state index is 15.3. The normalized spacial score (nSPS) is 55.8. The summed E-state index contributed by atoms with van der Waals surface area (Å²) in [5, 5.41) is 19.8. The Labute approximate surface area is 143 Å². The summed E-state index contributed by atoms with van der Waals surface area (Å²) in [7, 11) is 0. The number of fused-ring (bicyclic) bond motifs is 5. The second-order valence-electron chi connectivity index (χ2n) is 9.63. The van der Waals surface area contributed by atoms with E-state index < -0.39 is 22.9 Å². The first-order chi connectivity index (χ1) is 11.2. The molecule has 0 aliphatic heterocycles. The van der Waals surface area contributed by atoms with Gasteiger partial charge >= 0.3 is 0 Å². The summed E-state index contributed by atoms with van der Waals surface area (Å²) in [6.45, 7) is 3.60. The third-order valence-electron chi connectivity index (χ3n) is 8.51. The van der Waals surface area contributed by atoms with E-state index in [2.05, 4.69) is 6.07 Å². The molecule has 4 fully saturated rings. The first-order valence-electron chi connectivity index (χ1n) is 9.69. The highest BCUT2D eigenvalue weighted by molar-refractivity contribution is 5.16. The van der Waals surface area contributed by atoms with Crippen LogP contribution < -0.4 is 0 Å². The lowest BCUT2D eigenvalue weighted by atomic mass is 9.48. The zero-order chi connectivity index (χ0) is 17.3. The van der Waals surface area contributed by atoms with Crippen LogP contribution in [0.15, 0.2) is 0 Å². The summed E-state index contributed by atoms with van der Waals surface area (Å²) < 4.78 is 30.5. The van der Waals surface area contributed by atoms with Crippen LogP contribution in [-0.2, 0) is 0 Å². The highest BCUT2D eigenvalue weighted by Crippen LogP contribution is 2.68. The van der Waals surface area contributed by atoms with E-state index in [1.54, 1.807) is 6.92 Å². The third kappa shape index (κ3) is 2.13. The molecule has 0 saturated heterocycles. The van der Waals surface area contributed by atoms with Gasteiger partial charge in [-0.1, -0.05) is 6.92 Å². The standard InChI is InChI=1S/C20H29F2NO/c1-18(24)8-7-14-12(9-18)3-5-15-16(14)10-20(21,22)19(2)13(11-23)4-6-17(15)19/h12-17,24H,3-10H2,1-2H3/t12-,13-,14+,15-,16-,17+,18-,19-/m1/s1. The van der Waals surface area contributed by atoms with Crippen molar-refractivity contribution in [2.75, 3.05) is 0 Å². The molecule has 1 N–H and O–H groups in total. The Morgan fingerprint density at radius 2 is 1.71 bits per heavy atom. The molecule has 0 aromatic heterocycles. The van der Waals surface area contributed by atoms with Gasteiger partial charge in [0.15, 0.2) is 0 Å². The predicted octanol–water partition coefficient (Wildman–Crippen LogP) is 4.77. The van der Waals surface area contributed by atoms with Crippen LogP contribution in [0.1, 0.15) is 65.2 Å². The fourth-order valence-corrected chi connectivity index (χ4v) is 7.26. The summed E-state index contributed by atoms with van der Waals surface area (Å²) >= 11 is 0. The van der Waals surface area contributed by atoms with Crippen LogP contribution in [-0.4, -0.2) is 16.6 Å². The predicted molar refractivity (Wildman–Crippen MR) is 87.2 cm³/mol. The lowest BCUT2D eigenvalue weighted by Gasteiger charge is -2.58. The summed E-state index contributed by atoms with van der Waals surface area (Å²) in [4.78, 5) is 0. The van der Waals surface area contributed by atoms with Crippen LogP contribution >= 0.6 is 0 Å². The zero-order valence-corrected chi connectivity index (χ0v) is 14.8. The summed E-state index contributed by atoms with van der Waals surface area (Å²) in [5.41, 5.74) is -1.74. The van der Waals surface area contributed by atoms with Crippen molar-refractivity contribution in [1.82, 2.24) is 0 Å². The summed E-state index contributed by atoms with van der Waals surface area (Å²) in [5.74, 6) is -2.04. The Hall–Kier alpha value is -0.690. The number of hydrogen-bond donors (Lipinski definition) is 1. The molecular formula is C20H29F2NO. The molecule has 0 aromatic rings. The molecular weight excluding hydrogens is 308 g/mol. The lowest BCUT2D eigenvalue weighted by Crippen LogP contribution is -2.58. The van der Waals surface area contributed by atoms with E-state index in [1.165, 1.54) is 0 Å². The molecule has 8 atom stereocenters. The molecule has 4 aliphatic rings. The zero-order valence-electron chi connectivity index (χ0n) is 14.8. The van der Waals surface area contributed by atoms with E-state index >= 15 is 8.78 Å². The molecule has 2 nitrogen and oxygen atoms in total. The molecule has 4 aliphatic carbocycles. The smallest absolute Gasteiger partial charge is 0.255 e. The van der Waals surface area contributed by atoms with Gasteiger partial charge in [0, 0.05) is 6.42 Å². The van der Waals surface area contributed by atoms with E-state index in [4.69, 9.17) is 0 Å². The van der Waals surface area contributed by atoms with Crippen molar-refractivity contribution in [2.24, 2.45) is 40.9 Å². The van der Waals surface area contributed by atoms with Gasteiger partial charge in [0.05, 0.1) is 23.0 Å². The van der Waals surface area contributed by atoms with Crippen molar-refractivity contribution in [3.05, 3.63) is 0 Å². The summed E-state index contributed by atoms with van der Waals surface area (Å²) in [6, 6.07) is 2.21. The Balaban J connectivity index is 1.65. The van der Waals surface area contributed by atoms with Gasteiger partial charge in [-0.05, 0) is 81.5 Å². The largest absolute Gasteiger partial charge is 0.390 e. The second-order valence-corrected chi connectivity index (χ2v) is 9.63. The van der Waals surface area contributed by atoms with Crippen LogP contribution in [0.3, 0.4) is 0 Å². The van der Waals surface area contributed by atoms with Crippen molar-refractivity contribution < 1.29 is 13.9 Å². The fraction of sp³-hybridized carbons (Fsp3) is 0.950. The average molecular weight is 337 g/mol. The highest BCUT2D eigenvalue weighted by Gasteiger charge is 2.69. The van der Waals surface area contributed by atoms with Crippen molar-refractivity contribution in [3.63, 3.8) is 0 Å². The molecule has 4 saturated carbocycles. The first kappa shape index (κ1) is 16.8. The quantitative estimate of drug-likeness (QED) is 0.691. The summed E-state index contributed by atoms with van der Waals surface area (Å²) in [6.07, 6.45) is 5.88. The van der Waals surface area contributed by atoms with E-state index in [1.807, 2.05) is 6.92 Å². The lowest BCUT2D eigenvalue weighted by molar-refractivity contribution is -0.224. The Morgan fingerprint density at radius 1 is 0.958 bits per heavy atom. The molecule has 0 radical (unpaired) electrons. The van der Waals surface area contributed by atoms with Crippen molar-refractivity contribution in [3.8, 4) is 6.07 Å². The van der Waals surface area contributed by atoms with Gasteiger partial charge in [0.2, 0.25) is 0 Å². The van der Waals surface area contributed by atoms with Crippen molar-refractivity contribution >= 4 is 0 Å². The van der Waals surface area contributed by atoms with Crippen LogP contribution in [0.4, 0.5) is 8.78 Å². The molecule has 4 rings (SSSR count). The maximum absolute atomic E-state index is 15.3. The van der Waals surface area contributed by atoms with Gasteiger partial charge in [-0.15, -0.1) is 0 Å². The first-order valence-corrected chi connectivity index (χ1v) is 9.69. The van der Waals surface area contributed by atoms with E-state index in [0.29, 0.717) is 24.2 Å². The molecule has 0 amide bonds. The molecule has 134 valence electrons. The fourth-order valence-electron chi connectivity index (χ4n) is 7.26. The molecule has 4 heteroatoms. The van der Waals surface area contributed by atoms with Gasteiger partial charge in [-0.3, -0.25) is 0 Å².